The van der Waals surface area contributed by atoms with Crippen LogP contribution in [-0.2, 0) is 11.2 Å². The summed E-state index contributed by atoms with van der Waals surface area (Å²) in [5, 5.41) is 6.48. The number of amides is 2. The first-order valence-corrected chi connectivity index (χ1v) is 11.7. The number of fused-ring (bicyclic) bond motifs is 1. The lowest BCUT2D eigenvalue weighted by Crippen LogP contribution is -2.27. The van der Waals surface area contributed by atoms with Gasteiger partial charge in [0.2, 0.25) is 0 Å². The molecule has 2 amide bonds. The summed E-state index contributed by atoms with van der Waals surface area (Å²) in [7, 11) is 0. The molecule has 1 aromatic heterocycles. The Labute approximate surface area is 209 Å². The number of anilines is 2. The number of nitrogens with zero attached hydrogens (tertiary/aromatic N) is 1. The van der Waals surface area contributed by atoms with Gasteiger partial charge in [0.25, 0.3) is 5.91 Å². The van der Waals surface area contributed by atoms with Gasteiger partial charge in [0.15, 0.2) is 0 Å². The lowest BCUT2D eigenvalue weighted by molar-refractivity contribution is 0.0635. The fourth-order valence-electron chi connectivity index (χ4n) is 3.83. The maximum atomic E-state index is 15.5. The molecule has 2 N–H and O–H groups in total. The number of nitrogens with one attached hydrogen (secondary N) is 2. The Morgan fingerprint density at radius 2 is 1.69 bits per heavy atom. The first-order valence-electron chi connectivity index (χ1n) is 11.7. The van der Waals surface area contributed by atoms with Crippen LogP contribution in [0.1, 0.15) is 48.4 Å². The molecule has 7 heteroatoms. The molecule has 0 saturated carbocycles. The Kier molecular flexibility index (Phi) is 7.29. The third kappa shape index (κ3) is 6.44. The molecule has 184 valence electrons. The van der Waals surface area contributed by atoms with E-state index in [-0.39, 0.29) is 12.0 Å². The predicted molar refractivity (Wildman–Crippen MR) is 140 cm³/mol. The van der Waals surface area contributed by atoms with E-state index >= 15 is 4.39 Å². The Morgan fingerprint density at radius 3 is 2.50 bits per heavy atom. The van der Waals surface area contributed by atoms with Gasteiger partial charge in [-0.25, -0.2) is 9.18 Å². The predicted octanol–water partition coefficient (Wildman–Crippen LogP) is 7.09. The number of benzene rings is 3. The van der Waals surface area contributed by atoms with Crippen LogP contribution in [0.3, 0.4) is 0 Å². The van der Waals surface area contributed by atoms with Crippen LogP contribution in [0.25, 0.3) is 10.9 Å². The van der Waals surface area contributed by atoms with Crippen molar-refractivity contribution in [1.82, 2.24) is 4.98 Å². The highest BCUT2D eigenvalue weighted by atomic mass is 19.1. The Hall–Kier alpha value is -4.26. The van der Waals surface area contributed by atoms with Crippen LogP contribution in [0, 0.1) is 0 Å². The number of hydrogen-bond donors (Lipinski definition) is 2. The van der Waals surface area contributed by atoms with Crippen LogP contribution < -0.4 is 10.6 Å². The average molecular weight is 486 g/mol. The second kappa shape index (κ2) is 10.6. The monoisotopic (exact) mass is 485 g/mol. The van der Waals surface area contributed by atoms with Crippen molar-refractivity contribution in [1.29, 1.82) is 0 Å². The van der Waals surface area contributed by atoms with Gasteiger partial charge in [-0.15, -0.1) is 0 Å². The molecule has 4 rings (SSSR count). The zero-order chi connectivity index (χ0) is 25.7. The van der Waals surface area contributed by atoms with Crippen molar-refractivity contribution >= 4 is 34.3 Å². The van der Waals surface area contributed by atoms with E-state index in [4.69, 9.17) is 4.74 Å². The maximum absolute atomic E-state index is 15.5. The summed E-state index contributed by atoms with van der Waals surface area (Å²) in [5.41, 5.74) is 2.44. The van der Waals surface area contributed by atoms with Gasteiger partial charge in [-0.05, 0) is 68.3 Å². The first-order chi connectivity index (χ1) is 17.2. The molecule has 0 bridgehead atoms. The van der Waals surface area contributed by atoms with Crippen molar-refractivity contribution < 1.29 is 18.7 Å². The topological polar surface area (TPSA) is 80.3 Å². The van der Waals surface area contributed by atoms with Gasteiger partial charge < -0.3 is 10.1 Å². The molecule has 0 aliphatic rings. The molecule has 0 spiro atoms. The molecule has 36 heavy (non-hydrogen) atoms. The van der Waals surface area contributed by atoms with E-state index < -0.39 is 23.8 Å². The normalized spacial score (nSPS) is 12.1. The van der Waals surface area contributed by atoms with E-state index in [2.05, 4.69) is 15.6 Å². The van der Waals surface area contributed by atoms with Gasteiger partial charge in [0, 0.05) is 34.9 Å². The Morgan fingerprint density at radius 1 is 0.917 bits per heavy atom. The van der Waals surface area contributed by atoms with E-state index in [1.54, 1.807) is 87.6 Å². The molecule has 0 fully saturated rings. The minimum Gasteiger partial charge on any atom is -0.444 e. The molecular weight excluding hydrogens is 457 g/mol. The molecular formula is C29H28FN3O3. The van der Waals surface area contributed by atoms with Crippen molar-refractivity contribution in [2.45, 2.75) is 39.0 Å². The van der Waals surface area contributed by atoms with E-state index in [0.29, 0.717) is 22.5 Å². The van der Waals surface area contributed by atoms with Crippen molar-refractivity contribution in [2.24, 2.45) is 0 Å². The van der Waals surface area contributed by atoms with Gasteiger partial charge in [0.05, 0.1) is 5.52 Å². The SMILES string of the molecule is CC(C)(C)OC(=O)Nc1cccc(CC(F)c2ccccc2C(=O)Nc2ccc3cccnc3c2)c1. The highest BCUT2D eigenvalue weighted by Gasteiger charge is 2.20. The maximum Gasteiger partial charge on any atom is 0.412 e. The van der Waals surface area contributed by atoms with Crippen LogP contribution in [0.2, 0.25) is 0 Å². The second-order valence-corrected chi connectivity index (χ2v) is 9.45. The van der Waals surface area contributed by atoms with Crippen LogP contribution in [-0.4, -0.2) is 22.6 Å². The number of aromatic nitrogens is 1. The van der Waals surface area contributed by atoms with Gasteiger partial charge in [-0.1, -0.05) is 42.5 Å². The number of carbonyl (C=O) groups excluding carboxylic acids is 2. The van der Waals surface area contributed by atoms with Crippen molar-refractivity contribution in [3.05, 3.63) is 102 Å². The quantitative estimate of drug-likeness (QED) is 0.306. The van der Waals surface area contributed by atoms with Crippen LogP contribution in [0.15, 0.2) is 85.1 Å². The molecule has 0 radical (unpaired) electrons. The third-order valence-electron chi connectivity index (χ3n) is 5.39. The van der Waals surface area contributed by atoms with Gasteiger partial charge in [0.1, 0.15) is 11.8 Å². The van der Waals surface area contributed by atoms with Crippen molar-refractivity contribution in [2.75, 3.05) is 10.6 Å². The number of pyridine rings is 1. The number of halogens is 1. The summed E-state index contributed by atoms with van der Waals surface area (Å²) in [6.45, 7) is 5.34. The first kappa shape index (κ1) is 24.9. The largest absolute Gasteiger partial charge is 0.444 e. The number of alkyl halides is 1. The number of carbonyl (C=O) groups is 2. The van der Waals surface area contributed by atoms with Crippen molar-refractivity contribution in [3.63, 3.8) is 0 Å². The lowest BCUT2D eigenvalue weighted by atomic mass is 9.97. The Bertz CT molecular complexity index is 1400. The lowest BCUT2D eigenvalue weighted by Gasteiger charge is -2.20. The number of ether oxygens (including phenoxy) is 1. The van der Waals surface area contributed by atoms with Gasteiger partial charge in [-0.3, -0.25) is 15.1 Å². The minimum absolute atomic E-state index is 0.0357. The molecule has 4 aromatic rings. The zero-order valence-electron chi connectivity index (χ0n) is 20.4. The van der Waals surface area contributed by atoms with Crippen LogP contribution in [0.5, 0.6) is 0 Å². The number of rotatable bonds is 6. The Balaban J connectivity index is 1.48. The number of hydrogen-bond acceptors (Lipinski definition) is 4. The second-order valence-electron chi connectivity index (χ2n) is 9.45. The van der Waals surface area contributed by atoms with E-state index in [9.17, 15) is 9.59 Å². The van der Waals surface area contributed by atoms with Crippen molar-refractivity contribution in [3.8, 4) is 0 Å². The minimum atomic E-state index is -1.43. The summed E-state index contributed by atoms with van der Waals surface area (Å²) >= 11 is 0. The molecule has 1 heterocycles. The van der Waals surface area contributed by atoms with E-state index in [1.165, 1.54) is 0 Å². The summed E-state index contributed by atoms with van der Waals surface area (Å²) in [4.78, 5) is 29.4. The third-order valence-corrected chi connectivity index (χ3v) is 5.39. The molecule has 0 saturated heterocycles. The van der Waals surface area contributed by atoms with Crippen LogP contribution >= 0.6 is 0 Å². The standard InChI is InChI=1S/C29H28FN3O3/c1-29(2,3)36-28(35)33-21-10-6-8-19(16-21)17-25(30)23-11-4-5-12-24(23)27(34)32-22-14-13-20-9-7-15-31-26(20)18-22/h4-16,18,25H,17H2,1-3H3,(H,32,34)(H,33,35). The molecule has 0 aliphatic carbocycles. The fraction of sp³-hybridized carbons (Fsp3) is 0.207. The molecule has 0 aliphatic heterocycles. The van der Waals surface area contributed by atoms with Gasteiger partial charge >= 0.3 is 6.09 Å². The summed E-state index contributed by atoms with van der Waals surface area (Å²) in [6, 6.07) is 22.8. The van der Waals surface area contributed by atoms with Gasteiger partial charge in [-0.2, -0.15) is 0 Å². The highest BCUT2D eigenvalue weighted by Crippen LogP contribution is 2.28. The molecule has 3 aromatic carbocycles. The summed E-state index contributed by atoms with van der Waals surface area (Å²) in [5.74, 6) is -0.399. The molecule has 6 nitrogen and oxygen atoms in total. The van der Waals surface area contributed by atoms with E-state index in [1.807, 2.05) is 18.2 Å². The molecule has 1 atom stereocenters. The summed E-state index contributed by atoms with van der Waals surface area (Å²) in [6.07, 6.45) is -0.285. The summed E-state index contributed by atoms with van der Waals surface area (Å²) < 4.78 is 20.8. The average Bonchev–Trinajstić information content (AvgIpc) is 2.83. The fourth-order valence-corrected chi connectivity index (χ4v) is 3.83. The highest BCUT2D eigenvalue weighted by molar-refractivity contribution is 6.06. The zero-order valence-corrected chi connectivity index (χ0v) is 20.4. The smallest absolute Gasteiger partial charge is 0.412 e. The molecule has 1 unspecified atom stereocenters. The van der Waals surface area contributed by atoms with E-state index in [0.717, 1.165) is 10.9 Å². The van der Waals surface area contributed by atoms with Crippen LogP contribution in [0.4, 0.5) is 20.6 Å².